The van der Waals surface area contributed by atoms with Crippen molar-refractivity contribution >= 4 is 23.6 Å². The number of phenols is 1. The van der Waals surface area contributed by atoms with Crippen molar-refractivity contribution in [1.29, 1.82) is 0 Å². The molecular formula is C33H34N4O5. The molecule has 1 heterocycles. The molecule has 42 heavy (non-hydrogen) atoms. The zero-order chi connectivity index (χ0) is 29.7. The van der Waals surface area contributed by atoms with E-state index in [0.29, 0.717) is 24.3 Å². The van der Waals surface area contributed by atoms with E-state index in [1.807, 2.05) is 60.7 Å². The first-order chi connectivity index (χ1) is 20.4. The molecule has 4 aromatic rings. The van der Waals surface area contributed by atoms with Crippen molar-refractivity contribution < 1.29 is 24.6 Å². The van der Waals surface area contributed by atoms with Crippen molar-refractivity contribution in [2.24, 2.45) is 0 Å². The molecule has 9 heteroatoms. The average molecular weight is 567 g/mol. The average Bonchev–Trinajstić information content (AvgIpc) is 3.00. The van der Waals surface area contributed by atoms with Crippen LogP contribution in [0.3, 0.4) is 0 Å². The normalized spacial score (nSPS) is 12.1. The van der Waals surface area contributed by atoms with E-state index in [4.69, 9.17) is 0 Å². The second-order valence-corrected chi connectivity index (χ2v) is 9.88. The summed E-state index contributed by atoms with van der Waals surface area (Å²) in [5, 5.41) is 28.0. The lowest BCUT2D eigenvalue weighted by molar-refractivity contribution is -0.138. The van der Waals surface area contributed by atoms with Crippen molar-refractivity contribution in [2.75, 3.05) is 11.9 Å². The van der Waals surface area contributed by atoms with E-state index >= 15 is 0 Å². The van der Waals surface area contributed by atoms with Gasteiger partial charge >= 0.3 is 5.97 Å². The number of carbonyl (C=O) groups is 3. The summed E-state index contributed by atoms with van der Waals surface area (Å²) in [6.07, 6.45) is 2.22. The third-order valence-corrected chi connectivity index (χ3v) is 6.69. The molecule has 216 valence electrons. The number of aliphatic carboxylic acids is 1. The number of nitrogens with zero attached hydrogens (tertiary/aromatic N) is 1. The second-order valence-electron chi connectivity index (χ2n) is 9.88. The van der Waals surface area contributed by atoms with Crippen LogP contribution in [0.4, 0.5) is 5.82 Å². The predicted octanol–water partition coefficient (Wildman–Crippen LogP) is 4.71. The summed E-state index contributed by atoms with van der Waals surface area (Å²) < 4.78 is 0. The van der Waals surface area contributed by atoms with E-state index in [1.54, 1.807) is 30.5 Å². The van der Waals surface area contributed by atoms with Crippen LogP contribution in [-0.2, 0) is 20.8 Å². The minimum absolute atomic E-state index is 0.0877. The third kappa shape index (κ3) is 9.19. The van der Waals surface area contributed by atoms with Crippen LogP contribution in [0.25, 0.3) is 11.1 Å². The molecule has 2 amide bonds. The lowest BCUT2D eigenvalue weighted by Crippen LogP contribution is -2.49. The van der Waals surface area contributed by atoms with Gasteiger partial charge in [-0.15, -0.1) is 0 Å². The van der Waals surface area contributed by atoms with Crippen LogP contribution in [0, 0.1) is 0 Å². The minimum Gasteiger partial charge on any atom is -0.508 e. The Hall–Kier alpha value is -5.18. The summed E-state index contributed by atoms with van der Waals surface area (Å²) in [6.45, 7) is 0.527. The third-order valence-electron chi connectivity index (χ3n) is 6.69. The Morgan fingerprint density at radius 2 is 1.48 bits per heavy atom. The van der Waals surface area contributed by atoms with E-state index in [0.717, 1.165) is 16.7 Å². The number of aromatic nitrogens is 1. The zero-order valence-corrected chi connectivity index (χ0v) is 23.1. The Bertz CT molecular complexity index is 1450. The smallest absolute Gasteiger partial charge is 0.305 e. The monoisotopic (exact) mass is 566 g/mol. The van der Waals surface area contributed by atoms with Crippen LogP contribution in [0.5, 0.6) is 5.75 Å². The Kier molecular flexibility index (Phi) is 10.6. The van der Waals surface area contributed by atoms with Crippen LogP contribution < -0.4 is 16.0 Å². The largest absolute Gasteiger partial charge is 0.508 e. The molecule has 0 aliphatic carbocycles. The van der Waals surface area contributed by atoms with Crippen LogP contribution in [0.1, 0.15) is 36.4 Å². The number of amides is 2. The standard InChI is InChI=1S/C33H34N4O5/c38-27-17-11-23(12-18-27)21-29(36-31(39)10-6-20-35-30-9-4-5-19-34-30)33(42)37-28(22-32(40)41)26-15-13-25(14-16-26)24-7-2-1-3-8-24/h1-5,7-9,11-19,28-29,38H,6,10,20-22H2,(H,34,35)(H,36,39)(H,37,42)(H,40,41)/t28?,29-/m0/s1. The molecule has 0 aliphatic heterocycles. The Labute approximate surface area is 244 Å². The highest BCUT2D eigenvalue weighted by Crippen LogP contribution is 2.24. The number of benzene rings is 3. The molecule has 3 aromatic carbocycles. The first kappa shape index (κ1) is 29.8. The molecule has 0 spiro atoms. The van der Waals surface area contributed by atoms with E-state index < -0.39 is 24.0 Å². The highest BCUT2D eigenvalue weighted by molar-refractivity contribution is 5.88. The number of hydrogen-bond donors (Lipinski definition) is 5. The molecule has 5 N–H and O–H groups in total. The lowest BCUT2D eigenvalue weighted by Gasteiger charge is -2.23. The predicted molar refractivity (Wildman–Crippen MR) is 161 cm³/mol. The Morgan fingerprint density at radius 1 is 0.786 bits per heavy atom. The van der Waals surface area contributed by atoms with E-state index in [1.165, 1.54) is 12.1 Å². The van der Waals surface area contributed by atoms with Crippen LogP contribution in [0.2, 0.25) is 0 Å². The highest BCUT2D eigenvalue weighted by atomic mass is 16.4. The number of phenolic OH excluding ortho intramolecular Hbond substituents is 1. The van der Waals surface area contributed by atoms with Gasteiger partial charge in [-0.25, -0.2) is 4.98 Å². The first-order valence-electron chi connectivity index (χ1n) is 13.8. The highest BCUT2D eigenvalue weighted by Gasteiger charge is 2.26. The van der Waals surface area contributed by atoms with Crippen molar-refractivity contribution in [2.45, 2.75) is 37.8 Å². The molecule has 0 aliphatic rings. The number of carboxylic acid groups (broad SMARTS) is 1. The van der Waals surface area contributed by atoms with Crippen molar-refractivity contribution in [3.05, 3.63) is 114 Å². The van der Waals surface area contributed by atoms with Crippen molar-refractivity contribution in [3.63, 3.8) is 0 Å². The quantitative estimate of drug-likeness (QED) is 0.139. The van der Waals surface area contributed by atoms with Gasteiger partial charge in [0.05, 0.1) is 12.5 Å². The fraction of sp³-hybridized carbons (Fsp3) is 0.212. The van der Waals surface area contributed by atoms with Crippen molar-refractivity contribution in [1.82, 2.24) is 15.6 Å². The summed E-state index contributed by atoms with van der Waals surface area (Å²) in [5.41, 5.74) is 3.36. The number of hydrogen-bond acceptors (Lipinski definition) is 6. The number of anilines is 1. The molecule has 1 unspecified atom stereocenters. The summed E-state index contributed by atoms with van der Waals surface area (Å²) in [7, 11) is 0. The molecule has 0 saturated carbocycles. The van der Waals surface area contributed by atoms with Gasteiger partial charge in [-0.1, -0.05) is 72.8 Å². The van der Waals surface area contributed by atoms with E-state index in [-0.39, 0.29) is 30.9 Å². The molecule has 4 rings (SSSR count). The maximum atomic E-state index is 13.5. The van der Waals surface area contributed by atoms with Gasteiger partial charge in [-0.3, -0.25) is 14.4 Å². The van der Waals surface area contributed by atoms with Gasteiger partial charge in [0.15, 0.2) is 0 Å². The Morgan fingerprint density at radius 3 is 2.14 bits per heavy atom. The number of pyridine rings is 1. The van der Waals surface area contributed by atoms with Gasteiger partial charge in [0, 0.05) is 25.6 Å². The van der Waals surface area contributed by atoms with Crippen LogP contribution in [-0.4, -0.2) is 45.6 Å². The van der Waals surface area contributed by atoms with Crippen LogP contribution >= 0.6 is 0 Å². The topological polar surface area (TPSA) is 141 Å². The van der Waals surface area contributed by atoms with E-state index in [9.17, 15) is 24.6 Å². The van der Waals surface area contributed by atoms with Crippen molar-refractivity contribution in [3.8, 4) is 16.9 Å². The number of aromatic hydroxyl groups is 1. The molecule has 0 saturated heterocycles. The molecule has 9 nitrogen and oxygen atoms in total. The van der Waals surface area contributed by atoms with Gasteiger partial charge < -0.3 is 26.2 Å². The molecule has 0 fully saturated rings. The molecule has 2 atom stereocenters. The first-order valence-corrected chi connectivity index (χ1v) is 13.8. The number of rotatable bonds is 14. The minimum atomic E-state index is -1.06. The summed E-state index contributed by atoms with van der Waals surface area (Å²) in [5.74, 6) is -1.07. The maximum Gasteiger partial charge on any atom is 0.305 e. The van der Waals surface area contributed by atoms with Gasteiger partial charge in [-0.2, -0.15) is 0 Å². The number of carbonyl (C=O) groups excluding carboxylic acids is 2. The van der Waals surface area contributed by atoms with Gasteiger partial charge in [-0.05, 0) is 52.9 Å². The van der Waals surface area contributed by atoms with Gasteiger partial charge in [0.1, 0.15) is 17.6 Å². The number of nitrogens with one attached hydrogen (secondary N) is 3. The van der Waals surface area contributed by atoms with E-state index in [2.05, 4.69) is 20.9 Å². The number of carboxylic acids is 1. The summed E-state index contributed by atoms with van der Waals surface area (Å²) in [4.78, 5) is 42.3. The maximum absolute atomic E-state index is 13.5. The second kappa shape index (κ2) is 15.0. The van der Waals surface area contributed by atoms with Crippen LogP contribution in [0.15, 0.2) is 103 Å². The summed E-state index contributed by atoms with van der Waals surface area (Å²) >= 11 is 0. The Balaban J connectivity index is 1.44. The molecule has 1 aromatic heterocycles. The fourth-order valence-corrected chi connectivity index (χ4v) is 4.51. The molecule has 0 bridgehead atoms. The van der Waals surface area contributed by atoms with Gasteiger partial charge in [0.2, 0.25) is 11.8 Å². The molecular weight excluding hydrogens is 532 g/mol. The summed E-state index contributed by atoms with van der Waals surface area (Å²) in [6, 6.07) is 27.3. The SMILES string of the molecule is O=C(O)CC(NC(=O)[C@H](Cc1ccc(O)cc1)NC(=O)CCCNc1ccccn1)c1ccc(-c2ccccc2)cc1. The van der Waals surface area contributed by atoms with Gasteiger partial charge in [0.25, 0.3) is 0 Å². The lowest BCUT2D eigenvalue weighted by atomic mass is 9.98. The zero-order valence-electron chi connectivity index (χ0n) is 23.1. The fourth-order valence-electron chi connectivity index (χ4n) is 4.51. The molecule has 0 radical (unpaired) electrons.